The Morgan fingerprint density at radius 3 is 2.19 bits per heavy atom. The quantitative estimate of drug-likeness (QED) is 0.149. The fraction of sp³-hybridized carbons (Fsp3) is 0.825. The minimum atomic E-state index is -3.49. The predicted octanol–water partition coefficient (Wildman–Crippen LogP) is 5.43. The lowest BCUT2D eigenvalue weighted by atomic mass is 9.75. The number of nitrogens with zero attached hydrogens (tertiary/aromatic N) is 2. The Labute approximate surface area is 311 Å². The van der Waals surface area contributed by atoms with Crippen molar-refractivity contribution in [3.05, 3.63) is 12.7 Å². The number of rotatable bonds is 17. The zero-order chi connectivity index (χ0) is 38.0. The number of ketones is 3. The molecule has 6 atom stereocenters. The van der Waals surface area contributed by atoms with Crippen molar-refractivity contribution < 1.29 is 32.4 Å². The van der Waals surface area contributed by atoms with E-state index in [0.29, 0.717) is 25.3 Å². The van der Waals surface area contributed by atoms with E-state index in [2.05, 4.69) is 17.2 Å². The highest BCUT2D eigenvalue weighted by molar-refractivity contribution is 7.88. The minimum absolute atomic E-state index is 0.00695. The van der Waals surface area contributed by atoms with Crippen molar-refractivity contribution in [3.63, 3.8) is 0 Å². The molecule has 292 valence electrons. The number of allylic oxidation sites excluding steroid dienone is 1. The Hall–Kier alpha value is -2.60. The van der Waals surface area contributed by atoms with Crippen molar-refractivity contribution in [2.75, 3.05) is 26.4 Å². The van der Waals surface area contributed by atoms with Crippen molar-refractivity contribution in [1.29, 1.82) is 0 Å². The van der Waals surface area contributed by atoms with E-state index in [0.717, 1.165) is 83.3 Å². The number of likely N-dealkylation sites (tertiary alicyclic amines) is 1. The number of urea groups is 1. The number of carbonyl (C=O) groups is 5. The zero-order valence-corrected chi connectivity index (χ0v) is 33.1. The molecule has 1 spiro atoms. The van der Waals surface area contributed by atoms with Crippen molar-refractivity contribution in [1.82, 2.24) is 19.8 Å². The number of likely N-dealkylation sites (N-methyl/N-ethyl adjacent to an activating group) is 1. The second-order valence-electron chi connectivity index (χ2n) is 18.1. The largest absolute Gasteiger partial charge is 0.334 e. The number of hydrogen-bond acceptors (Lipinski definition) is 7. The summed E-state index contributed by atoms with van der Waals surface area (Å²) in [6, 6.07) is -2.59. The third-order valence-corrected chi connectivity index (χ3v) is 14.7. The molecular weight excluding hydrogens is 681 g/mol. The maximum atomic E-state index is 14.9. The van der Waals surface area contributed by atoms with Crippen LogP contribution >= 0.6 is 0 Å². The monoisotopic (exact) mass is 744 g/mol. The van der Waals surface area contributed by atoms with Gasteiger partial charge < -0.3 is 15.5 Å². The number of sulfonamides is 1. The zero-order valence-electron chi connectivity index (χ0n) is 32.3. The Bertz CT molecular complexity index is 1470. The van der Waals surface area contributed by atoms with Gasteiger partial charge >= 0.3 is 6.03 Å². The molecule has 1 unspecified atom stereocenters. The predicted molar refractivity (Wildman–Crippen MR) is 201 cm³/mol. The first kappa shape index (κ1) is 40.6. The number of nitrogens with one attached hydrogen (secondary N) is 2. The van der Waals surface area contributed by atoms with Gasteiger partial charge in [0.25, 0.3) is 0 Å². The highest BCUT2D eigenvalue weighted by Crippen LogP contribution is 2.66. The molecule has 3 amide bonds. The first-order valence-electron chi connectivity index (χ1n) is 19.9. The second kappa shape index (κ2) is 16.4. The van der Waals surface area contributed by atoms with Gasteiger partial charge in [0.15, 0.2) is 11.6 Å². The van der Waals surface area contributed by atoms with E-state index >= 15 is 0 Å². The van der Waals surface area contributed by atoms with Crippen LogP contribution in [0.4, 0.5) is 4.79 Å². The molecule has 11 nitrogen and oxygen atoms in total. The van der Waals surface area contributed by atoms with E-state index in [-0.39, 0.29) is 54.2 Å². The first-order chi connectivity index (χ1) is 24.4. The van der Waals surface area contributed by atoms with Crippen LogP contribution in [-0.4, -0.2) is 91.4 Å². The Kier molecular flexibility index (Phi) is 12.8. The Morgan fingerprint density at radius 2 is 1.63 bits per heavy atom. The standard InChI is InChI=1S/C40H64N4O7S/c1-7-8-17-31(45)36(47)28(22-26-13-12-14-26)23-32(46)35-29-18-19-40(20-21-40)30(29)24-44(35)37(48)34(27-15-10-9-11-16-27)42-38(49)41-33(39(2,3)4)25-43(5)52(6,50)51/h7,26-30,33-35H,1,8-25H2,2-6H3,(H2,41,42,49)/t28?,29-,30-,33+,34-,35-/m0/s1. The van der Waals surface area contributed by atoms with Crippen LogP contribution in [-0.2, 0) is 29.2 Å². The van der Waals surface area contributed by atoms with Gasteiger partial charge in [-0.15, -0.1) is 6.58 Å². The molecule has 5 rings (SSSR count). The summed E-state index contributed by atoms with van der Waals surface area (Å²) in [4.78, 5) is 71.6. The summed E-state index contributed by atoms with van der Waals surface area (Å²) in [7, 11) is -2.00. The highest BCUT2D eigenvalue weighted by atomic mass is 32.2. The number of amides is 3. The molecule has 4 aliphatic carbocycles. The summed E-state index contributed by atoms with van der Waals surface area (Å²) >= 11 is 0. The molecule has 12 heteroatoms. The lowest BCUT2D eigenvalue weighted by molar-refractivity contribution is -0.144. The molecule has 0 aromatic carbocycles. The van der Waals surface area contributed by atoms with Crippen LogP contribution in [0.3, 0.4) is 0 Å². The molecule has 1 aliphatic heterocycles. The Balaban J connectivity index is 1.39. The van der Waals surface area contributed by atoms with Crippen molar-refractivity contribution in [2.24, 2.45) is 40.4 Å². The van der Waals surface area contributed by atoms with Crippen molar-refractivity contribution in [2.45, 2.75) is 142 Å². The lowest BCUT2D eigenvalue weighted by Crippen LogP contribution is -2.60. The minimum Gasteiger partial charge on any atom is -0.334 e. The molecule has 5 aliphatic rings. The molecule has 1 heterocycles. The van der Waals surface area contributed by atoms with Crippen LogP contribution in [0.2, 0.25) is 0 Å². The third-order valence-electron chi connectivity index (χ3n) is 13.5. The van der Waals surface area contributed by atoms with E-state index in [1.54, 1.807) is 11.0 Å². The molecule has 52 heavy (non-hydrogen) atoms. The first-order valence-corrected chi connectivity index (χ1v) is 21.8. The fourth-order valence-electron chi connectivity index (χ4n) is 9.64. The van der Waals surface area contributed by atoms with Crippen LogP contribution < -0.4 is 10.6 Å². The van der Waals surface area contributed by atoms with Gasteiger partial charge in [0.05, 0.1) is 12.3 Å². The van der Waals surface area contributed by atoms with Gasteiger partial charge in [-0.3, -0.25) is 19.2 Å². The van der Waals surface area contributed by atoms with E-state index in [1.807, 2.05) is 20.8 Å². The molecular formula is C40H64N4O7S. The van der Waals surface area contributed by atoms with Crippen LogP contribution in [0.15, 0.2) is 12.7 Å². The van der Waals surface area contributed by atoms with E-state index < -0.39 is 57.1 Å². The van der Waals surface area contributed by atoms with Gasteiger partial charge in [-0.1, -0.05) is 65.4 Å². The lowest BCUT2D eigenvalue weighted by Gasteiger charge is -2.37. The maximum Gasteiger partial charge on any atom is 0.315 e. The molecule has 0 radical (unpaired) electrons. The number of carbonyl (C=O) groups excluding carboxylic acids is 5. The molecule has 4 saturated carbocycles. The van der Waals surface area contributed by atoms with Crippen molar-refractivity contribution in [3.8, 4) is 0 Å². The molecule has 1 saturated heterocycles. The average Bonchev–Trinajstić information content (AvgIpc) is 3.64. The van der Waals surface area contributed by atoms with E-state index in [9.17, 15) is 32.4 Å². The van der Waals surface area contributed by atoms with E-state index in [4.69, 9.17) is 0 Å². The Morgan fingerprint density at radius 1 is 0.962 bits per heavy atom. The van der Waals surface area contributed by atoms with Gasteiger partial charge in [-0.05, 0) is 85.9 Å². The molecule has 0 bridgehead atoms. The SMILES string of the molecule is C=CCCC(=O)C(=O)C(CC(=O)[C@@H]1[C@H]2CCC3(CC3)[C@H]2CN1C(=O)[C@@H](NC(=O)N[C@H](CN(C)S(C)(=O)=O)C(C)(C)C)C1CCCCC1)CC1CCC1. The number of Topliss-reactive ketones (excluding diaryl/α,β-unsaturated/α-hetero) is 3. The number of hydrogen-bond donors (Lipinski definition) is 2. The maximum absolute atomic E-state index is 14.9. The van der Waals surface area contributed by atoms with Crippen LogP contribution in [0.5, 0.6) is 0 Å². The van der Waals surface area contributed by atoms with E-state index in [1.165, 1.54) is 11.4 Å². The van der Waals surface area contributed by atoms with Gasteiger partial charge in [0.2, 0.25) is 21.7 Å². The molecule has 5 fully saturated rings. The number of fused-ring (bicyclic) bond motifs is 2. The van der Waals surface area contributed by atoms with Gasteiger partial charge in [0, 0.05) is 44.9 Å². The normalized spacial score (nSPS) is 26.3. The third kappa shape index (κ3) is 9.36. The summed E-state index contributed by atoms with van der Waals surface area (Å²) in [6.45, 7) is 10.0. The smallest absolute Gasteiger partial charge is 0.315 e. The topological polar surface area (TPSA) is 150 Å². The van der Waals surface area contributed by atoms with Crippen LogP contribution in [0.1, 0.15) is 124 Å². The van der Waals surface area contributed by atoms with Gasteiger partial charge in [-0.25, -0.2) is 17.5 Å². The summed E-state index contributed by atoms with van der Waals surface area (Å²) < 4.78 is 25.7. The summed E-state index contributed by atoms with van der Waals surface area (Å²) in [5, 5.41) is 6.04. The molecule has 0 aromatic heterocycles. The highest BCUT2D eigenvalue weighted by Gasteiger charge is 2.63. The van der Waals surface area contributed by atoms with Gasteiger partial charge in [0.1, 0.15) is 6.04 Å². The van der Waals surface area contributed by atoms with Crippen LogP contribution in [0.25, 0.3) is 0 Å². The summed E-state index contributed by atoms with van der Waals surface area (Å²) in [5.74, 6) is -1.52. The van der Waals surface area contributed by atoms with Gasteiger partial charge in [-0.2, -0.15) is 0 Å². The second-order valence-corrected chi connectivity index (χ2v) is 20.2. The molecule has 2 N–H and O–H groups in total. The summed E-state index contributed by atoms with van der Waals surface area (Å²) in [6.07, 6.45) is 15.5. The molecule has 0 aromatic rings. The fourth-order valence-corrected chi connectivity index (χ4v) is 10.1. The van der Waals surface area contributed by atoms with Crippen molar-refractivity contribution >= 4 is 39.3 Å². The summed E-state index contributed by atoms with van der Waals surface area (Å²) in [5.41, 5.74) is -0.319. The average molecular weight is 745 g/mol. The van der Waals surface area contributed by atoms with Crippen LogP contribution in [0, 0.1) is 40.4 Å².